The maximum atomic E-state index is 5.68. The molecule has 0 spiro atoms. The van der Waals surface area contributed by atoms with E-state index in [1.807, 2.05) is 10.7 Å². The Kier molecular flexibility index (Phi) is 1.99. The zero-order chi connectivity index (χ0) is 8.39. The molecule has 0 amide bonds. The molecule has 1 atom stereocenters. The number of hydrogen-bond donors (Lipinski definition) is 1. The molecule has 66 valence electrons. The number of nitrogens with two attached hydrogens (primary N) is 1. The molecule has 0 bridgehead atoms. The highest BCUT2D eigenvalue weighted by Gasteiger charge is 2.16. The van der Waals surface area contributed by atoms with E-state index in [9.17, 15) is 0 Å². The van der Waals surface area contributed by atoms with Crippen molar-refractivity contribution in [3.05, 3.63) is 12.3 Å². The van der Waals surface area contributed by atoms with E-state index in [1.54, 1.807) is 6.20 Å². The van der Waals surface area contributed by atoms with Crippen LogP contribution in [0.15, 0.2) is 12.3 Å². The van der Waals surface area contributed by atoms with Gasteiger partial charge >= 0.3 is 0 Å². The number of ether oxygens (including phenoxy) is 1. The van der Waals surface area contributed by atoms with Crippen LogP contribution >= 0.6 is 0 Å². The molecule has 1 fully saturated rings. The van der Waals surface area contributed by atoms with Crippen LogP contribution in [0.25, 0.3) is 0 Å². The van der Waals surface area contributed by atoms with Crippen molar-refractivity contribution in [3.8, 4) is 0 Å². The molecule has 2 N–H and O–H groups in total. The minimum Gasteiger partial charge on any atom is -0.384 e. The molecule has 4 nitrogen and oxygen atoms in total. The third-order valence-corrected chi connectivity index (χ3v) is 2.20. The fourth-order valence-corrected chi connectivity index (χ4v) is 1.47. The summed E-state index contributed by atoms with van der Waals surface area (Å²) in [7, 11) is 0. The Morgan fingerprint density at radius 3 is 3.25 bits per heavy atom. The van der Waals surface area contributed by atoms with Crippen molar-refractivity contribution in [3.63, 3.8) is 0 Å². The fraction of sp³-hybridized carbons (Fsp3) is 0.625. The van der Waals surface area contributed by atoms with Gasteiger partial charge in [-0.2, -0.15) is 5.10 Å². The average Bonchev–Trinajstić information content (AvgIpc) is 2.65. The highest BCUT2D eigenvalue weighted by Crippen LogP contribution is 2.15. The van der Waals surface area contributed by atoms with Crippen LogP contribution in [0.4, 0.5) is 5.82 Å². The van der Waals surface area contributed by atoms with Crippen molar-refractivity contribution in [1.29, 1.82) is 0 Å². The SMILES string of the molecule is Nc1ccnn1C[C@@H]1CCOC1. The van der Waals surface area contributed by atoms with Gasteiger partial charge < -0.3 is 10.5 Å². The van der Waals surface area contributed by atoms with E-state index in [0.717, 1.165) is 32.0 Å². The lowest BCUT2D eigenvalue weighted by molar-refractivity contribution is 0.181. The Morgan fingerprint density at radius 1 is 1.75 bits per heavy atom. The molecule has 0 radical (unpaired) electrons. The van der Waals surface area contributed by atoms with E-state index in [1.165, 1.54) is 0 Å². The van der Waals surface area contributed by atoms with Gasteiger partial charge in [-0.15, -0.1) is 0 Å². The topological polar surface area (TPSA) is 53.1 Å². The van der Waals surface area contributed by atoms with Crippen molar-refractivity contribution in [2.24, 2.45) is 5.92 Å². The maximum Gasteiger partial charge on any atom is 0.121 e. The lowest BCUT2D eigenvalue weighted by atomic mass is 10.1. The molecule has 0 aromatic carbocycles. The molecular weight excluding hydrogens is 154 g/mol. The summed E-state index contributed by atoms with van der Waals surface area (Å²) in [5, 5.41) is 4.12. The van der Waals surface area contributed by atoms with Gasteiger partial charge in [0.25, 0.3) is 0 Å². The minimum absolute atomic E-state index is 0.590. The van der Waals surface area contributed by atoms with E-state index in [2.05, 4.69) is 5.10 Å². The summed E-state index contributed by atoms with van der Waals surface area (Å²) in [6.45, 7) is 2.62. The zero-order valence-electron chi connectivity index (χ0n) is 6.94. The second-order valence-corrected chi connectivity index (χ2v) is 3.17. The standard InChI is InChI=1S/C8H13N3O/c9-8-1-3-10-11(8)5-7-2-4-12-6-7/h1,3,7H,2,4-6,9H2/t7-/m0/s1. The van der Waals surface area contributed by atoms with Gasteiger partial charge in [-0.05, 0) is 12.5 Å². The van der Waals surface area contributed by atoms with Crippen LogP contribution < -0.4 is 5.73 Å². The smallest absolute Gasteiger partial charge is 0.121 e. The van der Waals surface area contributed by atoms with Crippen LogP contribution in [0.2, 0.25) is 0 Å². The Morgan fingerprint density at radius 2 is 2.67 bits per heavy atom. The van der Waals surface area contributed by atoms with Gasteiger partial charge in [-0.25, -0.2) is 4.68 Å². The Hall–Kier alpha value is -1.03. The second-order valence-electron chi connectivity index (χ2n) is 3.17. The number of rotatable bonds is 2. The van der Waals surface area contributed by atoms with Crippen LogP contribution in [0.5, 0.6) is 0 Å². The third-order valence-electron chi connectivity index (χ3n) is 2.20. The molecule has 1 aliphatic rings. The van der Waals surface area contributed by atoms with Crippen LogP contribution in [-0.2, 0) is 11.3 Å². The maximum absolute atomic E-state index is 5.68. The van der Waals surface area contributed by atoms with E-state index in [4.69, 9.17) is 10.5 Å². The van der Waals surface area contributed by atoms with Gasteiger partial charge in [0.1, 0.15) is 5.82 Å². The Bertz CT molecular complexity index is 253. The summed E-state index contributed by atoms with van der Waals surface area (Å²) < 4.78 is 7.10. The third kappa shape index (κ3) is 1.43. The number of anilines is 1. The molecule has 1 aromatic heterocycles. The van der Waals surface area contributed by atoms with Gasteiger partial charge in [0, 0.05) is 19.1 Å². The molecule has 2 heterocycles. The van der Waals surface area contributed by atoms with Crippen molar-refractivity contribution in [1.82, 2.24) is 9.78 Å². The van der Waals surface area contributed by atoms with Crippen molar-refractivity contribution < 1.29 is 4.74 Å². The first-order valence-corrected chi connectivity index (χ1v) is 4.21. The minimum atomic E-state index is 0.590. The largest absolute Gasteiger partial charge is 0.384 e. The summed E-state index contributed by atoms with van der Waals surface area (Å²) in [4.78, 5) is 0. The zero-order valence-corrected chi connectivity index (χ0v) is 6.94. The van der Waals surface area contributed by atoms with Crippen LogP contribution in [0.1, 0.15) is 6.42 Å². The van der Waals surface area contributed by atoms with Gasteiger partial charge in [0.15, 0.2) is 0 Å². The molecule has 1 aliphatic heterocycles. The monoisotopic (exact) mass is 167 g/mol. The highest BCUT2D eigenvalue weighted by atomic mass is 16.5. The predicted molar refractivity (Wildman–Crippen MR) is 45.6 cm³/mol. The van der Waals surface area contributed by atoms with E-state index in [-0.39, 0.29) is 0 Å². The molecule has 0 aliphatic carbocycles. The molecule has 1 saturated heterocycles. The molecule has 4 heteroatoms. The number of nitrogen functional groups attached to an aromatic ring is 1. The molecule has 1 aromatic rings. The van der Waals surface area contributed by atoms with E-state index < -0.39 is 0 Å². The highest BCUT2D eigenvalue weighted by molar-refractivity contribution is 5.25. The second kappa shape index (κ2) is 3.15. The summed E-state index contributed by atoms with van der Waals surface area (Å²) >= 11 is 0. The van der Waals surface area contributed by atoms with Gasteiger partial charge in [-0.3, -0.25) is 0 Å². The molecule has 2 rings (SSSR count). The molecule has 0 saturated carbocycles. The van der Waals surface area contributed by atoms with Crippen molar-refractivity contribution in [2.75, 3.05) is 18.9 Å². The predicted octanol–water partition coefficient (Wildman–Crippen LogP) is 0.502. The van der Waals surface area contributed by atoms with Crippen LogP contribution in [0, 0.1) is 5.92 Å². The molecule has 0 unspecified atom stereocenters. The van der Waals surface area contributed by atoms with Gasteiger partial charge in [-0.1, -0.05) is 0 Å². The lowest BCUT2D eigenvalue weighted by Gasteiger charge is -2.08. The average molecular weight is 167 g/mol. The van der Waals surface area contributed by atoms with Gasteiger partial charge in [0.05, 0.1) is 12.8 Å². The summed E-state index contributed by atoms with van der Waals surface area (Å²) in [5.74, 6) is 1.33. The molecule has 12 heavy (non-hydrogen) atoms. The van der Waals surface area contributed by atoms with Crippen LogP contribution in [-0.4, -0.2) is 23.0 Å². The number of nitrogens with zero attached hydrogens (tertiary/aromatic N) is 2. The summed E-state index contributed by atoms with van der Waals surface area (Å²) in [6, 6.07) is 1.82. The fourth-order valence-electron chi connectivity index (χ4n) is 1.47. The van der Waals surface area contributed by atoms with Gasteiger partial charge in [0.2, 0.25) is 0 Å². The lowest BCUT2D eigenvalue weighted by Crippen LogP contribution is -2.13. The number of aromatic nitrogens is 2. The summed E-state index contributed by atoms with van der Waals surface area (Å²) in [6.07, 6.45) is 2.85. The summed E-state index contributed by atoms with van der Waals surface area (Å²) in [5.41, 5.74) is 5.68. The van der Waals surface area contributed by atoms with Crippen molar-refractivity contribution >= 4 is 5.82 Å². The first kappa shape index (κ1) is 7.61. The Balaban J connectivity index is 1.98. The normalized spacial score (nSPS) is 23.2. The first-order valence-electron chi connectivity index (χ1n) is 4.21. The Labute approximate surface area is 71.3 Å². The van der Waals surface area contributed by atoms with E-state index in [0.29, 0.717) is 5.92 Å². The van der Waals surface area contributed by atoms with Crippen molar-refractivity contribution in [2.45, 2.75) is 13.0 Å². The van der Waals surface area contributed by atoms with E-state index >= 15 is 0 Å². The quantitative estimate of drug-likeness (QED) is 0.698. The van der Waals surface area contributed by atoms with Crippen LogP contribution in [0.3, 0.4) is 0 Å². The first-order chi connectivity index (χ1) is 5.86. The molecular formula is C8H13N3O. The number of hydrogen-bond acceptors (Lipinski definition) is 3.